The van der Waals surface area contributed by atoms with Crippen molar-refractivity contribution in [2.75, 3.05) is 13.6 Å². The van der Waals surface area contributed by atoms with Gasteiger partial charge < -0.3 is 10.6 Å². The predicted molar refractivity (Wildman–Crippen MR) is 68.0 cm³/mol. The minimum Gasteiger partial charge on any atom is -0.351 e. The van der Waals surface area contributed by atoms with Crippen LogP contribution in [-0.2, 0) is 11.3 Å². The molecule has 1 unspecified atom stereocenters. The third-order valence-corrected chi connectivity index (χ3v) is 2.60. The van der Waals surface area contributed by atoms with E-state index in [-0.39, 0.29) is 24.1 Å². The number of nitrogens with one attached hydrogen (secondary N) is 2. The third kappa shape index (κ3) is 3.81. The Kier molecular flexibility index (Phi) is 5.26. The second kappa shape index (κ2) is 6.70. The van der Waals surface area contributed by atoms with Gasteiger partial charge >= 0.3 is 0 Å². The number of para-hydroxylation sites is 1. The summed E-state index contributed by atoms with van der Waals surface area (Å²) in [5.74, 6) is -0.291. The maximum atomic E-state index is 11.7. The Hall–Kier alpha value is -1.95. The summed E-state index contributed by atoms with van der Waals surface area (Å²) < 4.78 is 0. The molecule has 1 aromatic carbocycles. The van der Waals surface area contributed by atoms with Gasteiger partial charge in [-0.25, -0.2) is 0 Å². The van der Waals surface area contributed by atoms with Crippen molar-refractivity contribution in [3.63, 3.8) is 0 Å². The molecule has 18 heavy (non-hydrogen) atoms. The fraction of sp³-hybridized carbons (Fsp3) is 0.417. The SMILES string of the molecule is CNCC(C)C(=O)NCc1ccccc1[N+](=O)[O-]. The molecule has 6 heteroatoms. The van der Waals surface area contributed by atoms with Crippen molar-refractivity contribution in [3.8, 4) is 0 Å². The van der Waals surface area contributed by atoms with Crippen molar-refractivity contribution >= 4 is 11.6 Å². The van der Waals surface area contributed by atoms with Crippen molar-refractivity contribution in [3.05, 3.63) is 39.9 Å². The number of nitrogens with zero attached hydrogens (tertiary/aromatic N) is 1. The van der Waals surface area contributed by atoms with Crippen LogP contribution in [0.5, 0.6) is 0 Å². The van der Waals surface area contributed by atoms with Crippen LogP contribution in [0.3, 0.4) is 0 Å². The highest BCUT2D eigenvalue weighted by molar-refractivity contribution is 5.78. The molecule has 0 fully saturated rings. The number of nitro groups is 1. The second-order valence-corrected chi connectivity index (χ2v) is 4.06. The third-order valence-electron chi connectivity index (χ3n) is 2.60. The molecule has 6 nitrogen and oxygen atoms in total. The highest BCUT2D eigenvalue weighted by atomic mass is 16.6. The number of carbonyl (C=O) groups excluding carboxylic acids is 1. The lowest BCUT2D eigenvalue weighted by Crippen LogP contribution is -2.34. The van der Waals surface area contributed by atoms with E-state index in [2.05, 4.69) is 10.6 Å². The molecule has 0 aliphatic heterocycles. The number of hydrogen-bond acceptors (Lipinski definition) is 4. The number of hydrogen-bond donors (Lipinski definition) is 2. The Morgan fingerprint density at radius 1 is 1.44 bits per heavy atom. The smallest absolute Gasteiger partial charge is 0.274 e. The van der Waals surface area contributed by atoms with E-state index in [1.165, 1.54) is 6.07 Å². The van der Waals surface area contributed by atoms with Crippen molar-refractivity contribution in [2.45, 2.75) is 13.5 Å². The maximum absolute atomic E-state index is 11.7. The first kappa shape index (κ1) is 14.1. The van der Waals surface area contributed by atoms with E-state index >= 15 is 0 Å². The molecular weight excluding hydrogens is 234 g/mol. The molecule has 0 saturated carbocycles. The van der Waals surface area contributed by atoms with Gasteiger partial charge in [-0.1, -0.05) is 25.1 Å². The van der Waals surface area contributed by atoms with E-state index in [9.17, 15) is 14.9 Å². The molecule has 1 aromatic rings. The second-order valence-electron chi connectivity index (χ2n) is 4.06. The summed E-state index contributed by atoms with van der Waals surface area (Å²) in [6.45, 7) is 2.54. The van der Waals surface area contributed by atoms with Crippen molar-refractivity contribution in [1.82, 2.24) is 10.6 Å². The fourth-order valence-corrected chi connectivity index (χ4v) is 1.59. The number of nitro benzene ring substituents is 1. The van der Waals surface area contributed by atoms with E-state index in [4.69, 9.17) is 0 Å². The van der Waals surface area contributed by atoms with Gasteiger partial charge in [0.1, 0.15) is 0 Å². The zero-order valence-electron chi connectivity index (χ0n) is 10.5. The lowest BCUT2D eigenvalue weighted by Gasteiger charge is -2.11. The first-order chi connectivity index (χ1) is 8.56. The lowest BCUT2D eigenvalue weighted by molar-refractivity contribution is -0.385. The summed E-state index contributed by atoms with van der Waals surface area (Å²) in [4.78, 5) is 22.0. The van der Waals surface area contributed by atoms with Gasteiger partial charge in [-0.3, -0.25) is 14.9 Å². The average Bonchev–Trinajstić information content (AvgIpc) is 2.36. The quantitative estimate of drug-likeness (QED) is 0.585. The topological polar surface area (TPSA) is 84.3 Å². The summed E-state index contributed by atoms with van der Waals surface area (Å²) in [6, 6.07) is 6.39. The normalized spacial score (nSPS) is 11.9. The molecule has 0 aliphatic carbocycles. The van der Waals surface area contributed by atoms with Crippen LogP contribution in [-0.4, -0.2) is 24.4 Å². The minimum absolute atomic E-state index is 0.0269. The fourth-order valence-electron chi connectivity index (χ4n) is 1.59. The highest BCUT2D eigenvalue weighted by Gasteiger charge is 2.15. The van der Waals surface area contributed by atoms with E-state index in [1.807, 2.05) is 0 Å². The van der Waals surface area contributed by atoms with E-state index in [0.717, 1.165) is 0 Å². The molecule has 0 bridgehead atoms. The molecule has 0 radical (unpaired) electrons. The number of amides is 1. The van der Waals surface area contributed by atoms with Gasteiger partial charge in [0.25, 0.3) is 5.69 Å². The van der Waals surface area contributed by atoms with Crippen LogP contribution < -0.4 is 10.6 Å². The molecule has 0 spiro atoms. The van der Waals surface area contributed by atoms with Crippen LogP contribution in [0.25, 0.3) is 0 Å². The van der Waals surface area contributed by atoms with Crippen LogP contribution in [0.1, 0.15) is 12.5 Å². The van der Waals surface area contributed by atoms with Gasteiger partial charge in [0.15, 0.2) is 0 Å². The first-order valence-electron chi connectivity index (χ1n) is 5.71. The van der Waals surface area contributed by atoms with Crippen LogP contribution in [0.15, 0.2) is 24.3 Å². The van der Waals surface area contributed by atoms with Gasteiger partial charge in [-0.05, 0) is 7.05 Å². The van der Waals surface area contributed by atoms with Gasteiger partial charge in [-0.15, -0.1) is 0 Å². The Morgan fingerprint density at radius 2 is 2.11 bits per heavy atom. The van der Waals surface area contributed by atoms with Crippen LogP contribution in [0.4, 0.5) is 5.69 Å². The molecule has 98 valence electrons. The minimum atomic E-state index is -0.446. The predicted octanol–water partition coefficient (Wildman–Crippen LogP) is 1.07. The average molecular weight is 251 g/mol. The number of benzene rings is 1. The largest absolute Gasteiger partial charge is 0.351 e. The summed E-state index contributed by atoms with van der Waals surface area (Å²) >= 11 is 0. The summed E-state index contributed by atoms with van der Waals surface area (Å²) in [7, 11) is 1.77. The van der Waals surface area contributed by atoms with Gasteiger partial charge in [0.05, 0.1) is 4.92 Å². The van der Waals surface area contributed by atoms with E-state index < -0.39 is 4.92 Å². The first-order valence-corrected chi connectivity index (χ1v) is 5.71. The summed E-state index contributed by atoms with van der Waals surface area (Å²) in [5, 5.41) is 16.4. The molecule has 1 atom stereocenters. The Morgan fingerprint density at radius 3 is 2.72 bits per heavy atom. The summed E-state index contributed by atoms with van der Waals surface area (Å²) in [6.07, 6.45) is 0. The monoisotopic (exact) mass is 251 g/mol. The van der Waals surface area contributed by atoms with Crippen molar-refractivity contribution < 1.29 is 9.72 Å². The lowest BCUT2D eigenvalue weighted by atomic mass is 10.1. The standard InChI is InChI=1S/C12H17N3O3/c1-9(7-13-2)12(16)14-8-10-5-3-4-6-11(10)15(17)18/h3-6,9,13H,7-8H2,1-2H3,(H,14,16). The Balaban J connectivity index is 2.64. The van der Waals surface area contributed by atoms with Crippen LogP contribution in [0.2, 0.25) is 0 Å². The van der Waals surface area contributed by atoms with E-state index in [0.29, 0.717) is 12.1 Å². The van der Waals surface area contributed by atoms with Crippen molar-refractivity contribution in [2.24, 2.45) is 5.92 Å². The number of rotatable bonds is 6. The summed E-state index contributed by atoms with van der Waals surface area (Å²) in [5.41, 5.74) is 0.534. The molecule has 2 N–H and O–H groups in total. The Bertz CT molecular complexity index is 434. The van der Waals surface area contributed by atoms with E-state index in [1.54, 1.807) is 32.2 Å². The maximum Gasteiger partial charge on any atom is 0.274 e. The molecule has 1 rings (SSSR count). The van der Waals surface area contributed by atoms with Gasteiger partial charge in [-0.2, -0.15) is 0 Å². The zero-order valence-corrected chi connectivity index (χ0v) is 10.5. The number of carbonyl (C=O) groups is 1. The Labute approximate surface area is 106 Å². The van der Waals surface area contributed by atoms with Crippen LogP contribution >= 0.6 is 0 Å². The molecule has 0 saturated heterocycles. The van der Waals surface area contributed by atoms with Gasteiger partial charge in [0.2, 0.25) is 5.91 Å². The van der Waals surface area contributed by atoms with Crippen LogP contribution in [0, 0.1) is 16.0 Å². The molecule has 1 amide bonds. The van der Waals surface area contributed by atoms with Gasteiger partial charge in [0, 0.05) is 30.6 Å². The molecular formula is C12H17N3O3. The highest BCUT2D eigenvalue weighted by Crippen LogP contribution is 2.17. The zero-order chi connectivity index (χ0) is 13.5. The molecule has 0 heterocycles. The molecule has 0 aromatic heterocycles. The molecule has 0 aliphatic rings. The van der Waals surface area contributed by atoms with Crippen molar-refractivity contribution in [1.29, 1.82) is 0 Å².